The highest BCUT2D eigenvalue weighted by Gasteiger charge is 2.17. The second kappa shape index (κ2) is 8.57. The van der Waals surface area contributed by atoms with Crippen LogP contribution in [0.4, 0.5) is 4.39 Å². The number of benzene rings is 2. The predicted octanol–water partition coefficient (Wildman–Crippen LogP) is 4.73. The van der Waals surface area contributed by atoms with Gasteiger partial charge in [0.25, 0.3) is 0 Å². The summed E-state index contributed by atoms with van der Waals surface area (Å²) in [5.41, 5.74) is 4.42. The standard InChI is InChI=1S/C22H22FN3O2/c1-4-5-20-19(14-28-21-11-8-17(23)12-22(21)27-3)15(2)26(25-20)18-9-6-16(13-24)7-10-18/h6-12H,4-5,14H2,1-3H3. The fourth-order valence-electron chi connectivity index (χ4n) is 3.06. The van der Waals surface area contributed by atoms with Gasteiger partial charge in [0.2, 0.25) is 0 Å². The summed E-state index contributed by atoms with van der Waals surface area (Å²) in [6.07, 6.45) is 1.78. The summed E-state index contributed by atoms with van der Waals surface area (Å²) in [6.45, 7) is 4.40. The Labute approximate surface area is 163 Å². The molecular formula is C22H22FN3O2. The molecule has 0 saturated carbocycles. The molecule has 3 rings (SSSR count). The Kier molecular flexibility index (Phi) is 5.95. The number of hydrogen-bond donors (Lipinski definition) is 0. The Morgan fingerprint density at radius 1 is 1.14 bits per heavy atom. The lowest BCUT2D eigenvalue weighted by atomic mass is 10.1. The Morgan fingerprint density at radius 2 is 1.89 bits per heavy atom. The van der Waals surface area contributed by atoms with Gasteiger partial charge < -0.3 is 9.47 Å². The van der Waals surface area contributed by atoms with Crippen molar-refractivity contribution < 1.29 is 13.9 Å². The zero-order valence-electron chi connectivity index (χ0n) is 16.2. The van der Waals surface area contributed by atoms with Crippen LogP contribution in [0.2, 0.25) is 0 Å². The van der Waals surface area contributed by atoms with Gasteiger partial charge >= 0.3 is 0 Å². The molecule has 0 aliphatic carbocycles. The van der Waals surface area contributed by atoms with E-state index < -0.39 is 0 Å². The molecule has 6 heteroatoms. The second-order valence-electron chi connectivity index (χ2n) is 6.41. The van der Waals surface area contributed by atoms with E-state index in [1.807, 2.05) is 23.7 Å². The average Bonchev–Trinajstić information content (AvgIpc) is 3.02. The van der Waals surface area contributed by atoms with Crippen LogP contribution >= 0.6 is 0 Å². The van der Waals surface area contributed by atoms with Crippen LogP contribution in [-0.2, 0) is 13.0 Å². The maximum atomic E-state index is 13.4. The summed E-state index contributed by atoms with van der Waals surface area (Å²) in [7, 11) is 1.48. The molecule has 1 heterocycles. The third kappa shape index (κ3) is 3.99. The molecule has 0 saturated heterocycles. The quantitative estimate of drug-likeness (QED) is 0.595. The molecule has 5 nitrogen and oxygen atoms in total. The van der Waals surface area contributed by atoms with Crippen molar-refractivity contribution in [2.24, 2.45) is 0 Å². The van der Waals surface area contributed by atoms with Gasteiger partial charge in [0.1, 0.15) is 12.4 Å². The number of ether oxygens (including phenoxy) is 2. The van der Waals surface area contributed by atoms with Gasteiger partial charge in [0, 0.05) is 17.3 Å². The third-order valence-corrected chi connectivity index (χ3v) is 4.55. The van der Waals surface area contributed by atoms with E-state index in [1.54, 1.807) is 18.2 Å². The highest BCUT2D eigenvalue weighted by atomic mass is 19.1. The van der Waals surface area contributed by atoms with E-state index in [0.717, 1.165) is 35.5 Å². The van der Waals surface area contributed by atoms with Crippen LogP contribution in [0.5, 0.6) is 11.5 Å². The first kappa shape index (κ1) is 19.4. The SMILES string of the molecule is CCCc1nn(-c2ccc(C#N)cc2)c(C)c1COc1ccc(F)cc1OC. The van der Waals surface area contributed by atoms with E-state index in [4.69, 9.17) is 19.8 Å². The van der Waals surface area contributed by atoms with E-state index in [1.165, 1.54) is 19.2 Å². The molecule has 0 radical (unpaired) electrons. The van der Waals surface area contributed by atoms with Crippen LogP contribution in [0.1, 0.15) is 35.9 Å². The van der Waals surface area contributed by atoms with Crippen molar-refractivity contribution in [1.29, 1.82) is 5.26 Å². The van der Waals surface area contributed by atoms with Gasteiger partial charge in [0.15, 0.2) is 11.5 Å². The zero-order valence-corrected chi connectivity index (χ0v) is 16.2. The summed E-state index contributed by atoms with van der Waals surface area (Å²) in [5.74, 6) is 0.465. The number of methoxy groups -OCH3 is 1. The maximum absolute atomic E-state index is 13.4. The fourth-order valence-corrected chi connectivity index (χ4v) is 3.06. The first-order valence-corrected chi connectivity index (χ1v) is 9.11. The Balaban J connectivity index is 1.91. The van der Waals surface area contributed by atoms with Crippen LogP contribution in [0.15, 0.2) is 42.5 Å². The van der Waals surface area contributed by atoms with Crippen LogP contribution in [-0.4, -0.2) is 16.9 Å². The van der Waals surface area contributed by atoms with Gasteiger partial charge in [-0.15, -0.1) is 0 Å². The summed E-state index contributed by atoms with van der Waals surface area (Å²) >= 11 is 0. The lowest BCUT2D eigenvalue weighted by Crippen LogP contribution is -2.02. The minimum absolute atomic E-state index is 0.305. The Hall–Kier alpha value is -3.33. The molecule has 0 amide bonds. The molecule has 0 fully saturated rings. The van der Waals surface area contributed by atoms with E-state index in [0.29, 0.717) is 23.7 Å². The molecule has 2 aromatic carbocycles. The van der Waals surface area contributed by atoms with Crippen molar-refractivity contribution in [3.8, 4) is 23.3 Å². The molecule has 0 atom stereocenters. The lowest BCUT2D eigenvalue weighted by Gasteiger charge is -2.11. The molecule has 0 aliphatic rings. The predicted molar refractivity (Wildman–Crippen MR) is 104 cm³/mol. The van der Waals surface area contributed by atoms with Gasteiger partial charge in [-0.2, -0.15) is 10.4 Å². The second-order valence-corrected chi connectivity index (χ2v) is 6.41. The fraction of sp³-hybridized carbons (Fsp3) is 0.273. The van der Waals surface area contributed by atoms with Crippen LogP contribution in [0.25, 0.3) is 5.69 Å². The number of aryl methyl sites for hydroxylation is 1. The first-order valence-electron chi connectivity index (χ1n) is 9.11. The average molecular weight is 379 g/mol. The largest absolute Gasteiger partial charge is 0.493 e. The maximum Gasteiger partial charge on any atom is 0.163 e. The number of rotatable bonds is 7. The summed E-state index contributed by atoms with van der Waals surface area (Å²) in [6, 6.07) is 13.6. The number of nitrogens with zero attached hydrogens (tertiary/aromatic N) is 3. The minimum atomic E-state index is -0.374. The van der Waals surface area contributed by atoms with Gasteiger partial charge in [-0.05, 0) is 49.7 Å². The smallest absolute Gasteiger partial charge is 0.163 e. The van der Waals surface area contributed by atoms with Crippen molar-refractivity contribution >= 4 is 0 Å². The number of aromatic nitrogens is 2. The lowest BCUT2D eigenvalue weighted by molar-refractivity contribution is 0.282. The molecule has 28 heavy (non-hydrogen) atoms. The molecular weight excluding hydrogens is 357 g/mol. The highest BCUT2D eigenvalue weighted by molar-refractivity contribution is 5.43. The first-order chi connectivity index (χ1) is 13.6. The number of hydrogen-bond acceptors (Lipinski definition) is 4. The minimum Gasteiger partial charge on any atom is -0.493 e. The van der Waals surface area contributed by atoms with Gasteiger partial charge in [-0.25, -0.2) is 9.07 Å². The van der Waals surface area contributed by atoms with Crippen molar-refractivity contribution in [1.82, 2.24) is 9.78 Å². The van der Waals surface area contributed by atoms with Crippen LogP contribution < -0.4 is 9.47 Å². The monoisotopic (exact) mass is 379 g/mol. The van der Waals surface area contributed by atoms with E-state index >= 15 is 0 Å². The van der Waals surface area contributed by atoms with Gasteiger partial charge in [-0.3, -0.25) is 0 Å². The molecule has 0 bridgehead atoms. The Bertz CT molecular complexity index is 1000. The molecule has 0 unspecified atom stereocenters. The molecule has 144 valence electrons. The van der Waals surface area contributed by atoms with E-state index in [2.05, 4.69) is 13.0 Å². The topological polar surface area (TPSA) is 60.1 Å². The number of halogens is 1. The van der Waals surface area contributed by atoms with Crippen molar-refractivity contribution in [3.63, 3.8) is 0 Å². The number of nitriles is 1. The highest BCUT2D eigenvalue weighted by Crippen LogP contribution is 2.29. The van der Waals surface area contributed by atoms with Gasteiger partial charge in [0.05, 0.1) is 30.1 Å². The normalized spacial score (nSPS) is 10.5. The molecule has 3 aromatic rings. The van der Waals surface area contributed by atoms with Crippen molar-refractivity contribution in [2.45, 2.75) is 33.3 Å². The van der Waals surface area contributed by atoms with Crippen LogP contribution in [0.3, 0.4) is 0 Å². The van der Waals surface area contributed by atoms with Gasteiger partial charge in [-0.1, -0.05) is 13.3 Å². The third-order valence-electron chi connectivity index (χ3n) is 4.55. The Morgan fingerprint density at radius 3 is 2.54 bits per heavy atom. The van der Waals surface area contributed by atoms with Crippen molar-refractivity contribution in [2.75, 3.05) is 7.11 Å². The molecule has 0 aliphatic heterocycles. The summed E-state index contributed by atoms with van der Waals surface area (Å²) in [5, 5.41) is 13.7. The molecule has 0 N–H and O–H groups in total. The summed E-state index contributed by atoms with van der Waals surface area (Å²) in [4.78, 5) is 0. The zero-order chi connectivity index (χ0) is 20.1. The van der Waals surface area contributed by atoms with E-state index in [9.17, 15) is 4.39 Å². The van der Waals surface area contributed by atoms with Crippen molar-refractivity contribution in [3.05, 3.63) is 70.8 Å². The van der Waals surface area contributed by atoms with Crippen LogP contribution in [0, 0.1) is 24.1 Å². The molecule has 0 spiro atoms. The molecule has 1 aromatic heterocycles. The van der Waals surface area contributed by atoms with E-state index in [-0.39, 0.29) is 5.82 Å². The summed E-state index contributed by atoms with van der Waals surface area (Å²) < 4.78 is 26.4.